The zero-order chi connectivity index (χ0) is 15.1. The van der Waals surface area contributed by atoms with Crippen molar-refractivity contribution in [1.29, 1.82) is 0 Å². The zero-order valence-electron chi connectivity index (χ0n) is 12.2. The van der Waals surface area contributed by atoms with Gasteiger partial charge in [0.2, 0.25) is 11.8 Å². The van der Waals surface area contributed by atoms with Crippen molar-refractivity contribution < 1.29 is 14.0 Å². The number of fused-ring (bicyclic) bond motifs is 1. The van der Waals surface area contributed by atoms with Crippen LogP contribution < -0.4 is 9.80 Å². The molecule has 1 atom stereocenters. The molecular formula is C15H18FN3O2. The van der Waals surface area contributed by atoms with Gasteiger partial charge in [-0.05, 0) is 18.2 Å². The number of amides is 2. The van der Waals surface area contributed by atoms with E-state index in [0.717, 1.165) is 5.69 Å². The topological polar surface area (TPSA) is 43.9 Å². The van der Waals surface area contributed by atoms with Gasteiger partial charge in [-0.3, -0.25) is 9.59 Å². The predicted octanol–water partition coefficient (Wildman–Crippen LogP) is 1.09. The van der Waals surface area contributed by atoms with Gasteiger partial charge in [-0.2, -0.15) is 0 Å². The first kappa shape index (κ1) is 13.9. The highest BCUT2D eigenvalue weighted by atomic mass is 19.1. The molecule has 1 unspecified atom stereocenters. The second-order valence-corrected chi connectivity index (χ2v) is 5.72. The molecule has 0 bridgehead atoms. The first-order valence-electron chi connectivity index (χ1n) is 7.03. The quantitative estimate of drug-likeness (QED) is 0.778. The molecule has 0 spiro atoms. The Bertz CT molecular complexity index is 605. The average Bonchev–Trinajstić information content (AvgIpc) is 2.79. The Morgan fingerprint density at radius 2 is 1.95 bits per heavy atom. The van der Waals surface area contributed by atoms with E-state index in [-0.39, 0.29) is 30.0 Å². The van der Waals surface area contributed by atoms with Crippen LogP contribution >= 0.6 is 0 Å². The Kier molecular flexibility index (Phi) is 3.31. The molecule has 0 radical (unpaired) electrons. The normalized spacial score (nSPS) is 21.8. The number of likely N-dealkylation sites (tertiary alicyclic amines) is 1. The summed E-state index contributed by atoms with van der Waals surface area (Å²) >= 11 is 0. The Morgan fingerprint density at radius 3 is 2.62 bits per heavy atom. The van der Waals surface area contributed by atoms with Gasteiger partial charge in [0.05, 0.1) is 17.3 Å². The van der Waals surface area contributed by atoms with E-state index in [9.17, 15) is 14.0 Å². The van der Waals surface area contributed by atoms with Gasteiger partial charge in [0.25, 0.3) is 0 Å². The third kappa shape index (κ3) is 2.34. The molecule has 5 nitrogen and oxygen atoms in total. The van der Waals surface area contributed by atoms with Crippen LogP contribution in [0.1, 0.15) is 6.42 Å². The van der Waals surface area contributed by atoms with E-state index in [4.69, 9.17) is 0 Å². The van der Waals surface area contributed by atoms with Crippen LogP contribution in [-0.4, -0.2) is 50.4 Å². The van der Waals surface area contributed by atoms with Crippen LogP contribution in [-0.2, 0) is 9.59 Å². The Labute approximate surface area is 122 Å². The Morgan fingerprint density at radius 1 is 1.19 bits per heavy atom. The summed E-state index contributed by atoms with van der Waals surface area (Å²) in [6.45, 7) is 1.67. The molecule has 1 aromatic rings. The van der Waals surface area contributed by atoms with Crippen LogP contribution in [0.5, 0.6) is 0 Å². The number of anilines is 2. The maximum absolute atomic E-state index is 13.4. The van der Waals surface area contributed by atoms with E-state index in [0.29, 0.717) is 25.3 Å². The number of carbonyl (C=O) groups excluding carboxylic acids is 2. The standard InChI is InChI=1S/C15H18FN3O2/c1-17-5-6-19(12-4-3-11(16)8-13(12)17)15(21)10-7-14(20)18(2)9-10/h3-4,8,10H,5-7,9H2,1-2H3. The summed E-state index contributed by atoms with van der Waals surface area (Å²) in [6.07, 6.45) is 0.262. The molecule has 1 saturated heterocycles. The number of likely N-dealkylation sites (N-methyl/N-ethyl adjacent to an activating group) is 1. The summed E-state index contributed by atoms with van der Waals surface area (Å²) in [5, 5.41) is 0. The smallest absolute Gasteiger partial charge is 0.232 e. The lowest BCUT2D eigenvalue weighted by molar-refractivity contribution is -0.127. The molecule has 3 rings (SSSR count). The number of halogens is 1. The molecule has 1 fully saturated rings. The average molecular weight is 291 g/mol. The second kappa shape index (κ2) is 5.02. The van der Waals surface area contributed by atoms with Gasteiger partial charge in [-0.1, -0.05) is 0 Å². The van der Waals surface area contributed by atoms with Gasteiger partial charge < -0.3 is 14.7 Å². The Hall–Kier alpha value is -2.11. The highest BCUT2D eigenvalue weighted by Gasteiger charge is 2.37. The van der Waals surface area contributed by atoms with Crippen LogP contribution in [0.3, 0.4) is 0 Å². The van der Waals surface area contributed by atoms with Crippen LogP contribution in [0.25, 0.3) is 0 Å². The van der Waals surface area contributed by atoms with E-state index < -0.39 is 0 Å². The lowest BCUT2D eigenvalue weighted by atomic mass is 10.0. The summed E-state index contributed by atoms with van der Waals surface area (Å²) in [5.74, 6) is -0.662. The van der Waals surface area contributed by atoms with Gasteiger partial charge in [-0.25, -0.2) is 4.39 Å². The molecule has 2 amide bonds. The van der Waals surface area contributed by atoms with Gasteiger partial charge in [0.1, 0.15) is 5.82 Å². The number of nitrogens with zero attached hydrogens (tertiary/aromatic N) is 3. The molecule has 2 aliphatic rings. The van der Waals surface area contributed by atoms with Crippen molar-refractivity contribution in [3.05, 3.63) is 24.0 Å². The van der Waals surface area contributed by atoms with Gasteiger partial charge >= 0.3 is 0 Å². The number of benzene rings is 1. The van der Waals surface area contributed by atoms with Crippen LogP contribution in [0.4, 0.5) is 15.8 Å². The molecule has 112 valence electrons. The summed E-state index contributed by atoms with van der Waals surface area (Å²) in [7, 11) is 3.59. The minimum atomic E-state index is -0.314. The van der Waals surface area contributed by atoms with E-state index in [1.165, 1.54) is 12.1 Å². The molecule has 2 aliphatic heterocycles. The minimum Gasteiger partial charge on any atom is -0.371 e. The summed E-state index contributed by atoms with van der Waals surface area (Å²) < 4.78 is 13.4. The Balaban J connectivity index is 1.89. The van der Waals surface area contributed by atoms with Gasteiger partial charge in [0, 0.05) is 40.2 Å². The highest BCUT2D eigenvalue weighted by molar-refractivity contribution is 6.01. The zero-order valence-corrected chi connectivity index (χ0v) is 12.2. The van der Waals surface area contributed by atoms with Crippen molar-refractivity contribution in [3.63, 3.8) is 0 Å². The van der Waals surface area contributed by atoms with E-state index in [1.54, 1.807) is 22.9 Å². The van der Waals surface area contributed by atoms with Crippen molar-refractivity contribution in [1.82, 2.24) is 4.90 Å². The lowest BCUT2D eigenvalue weighted by Crippen LogP contribution is -2.45. The van der Waals surface area contributed by atoms with E-state index >= 15 is 0 Å². The van der Waals surface area contributed by atoms with Crippen molar-refractivity contribution in [2.24, 2.45) is 5.92 Å². The van der Waals surface area contributed by atoms with Gasteiger partial charge in [-0.15, -0.1) is 0 Å². The fraction of sp³-hybridized carbons (Fsp3) is 0.467. The molecule has 6 heteroatoms. The molecular weight excluding hydrogens is 273 g/mol. The van der Waals surface area contributed by atoms with Gasteiger partial charge in [0.15, 0.2) is 0 Å². The number of hydrogen-bond donors (Lipinski definition) is 0. The first-order chi connectivity index (χ1) is 9.97. The highest BCUT2D eigenvalue weighted by Crippen LogP contribution is 2.34. The van der Waals surface area contributed by atoms with Crippen LogP contribution in [0.15, 0.2) is 18.2 Å². The summed E-state index contributed by atoms with van der Waals surface area (Å²) in [6, 6.07) is 4.45. The fourth-order valence-electron chi connectivity index (χ4n) is 3.00. The maximum Gasteiger partial charge on any atom is 0.232 e. The summed E-state index contributed by atoms with van der Waals surface area (Å²) in [5.41, 5.74) is 1.43. The maximum atomic E-state index is 13.4. The number of rotatable bonds is 1. The monoisotopic (exact) mass is 291 g/mol. The molecule has 0 N–H and O–H groups in total. The third-order valence-corrected chi connectivity index (χ3v) is 4.25. The summed E-state index contributed by atoms with van der Waals surface area (Å²) in [4.78, 5) is 29.5. The SMILES string of the molecule is CN1CC(C(=O)N2CCN(C)c3cc(F)ccc32)CC1=O. The van der Waals surface area contributed by atoms with Crippen molar-refractivity contribution >= 4 is 23.2 Å². The fourth-order valence-corrected chi connectivity index (χ4v) is 3.00. The van der Waals surface area contributed by atoms with E-state index in [2.05, 4.69) is 0 Å². The molecule has 21 heavy (non-hydrogen) atoms. The molecule has 2 heterocycles. The molecule has 0 aliphatic carbocycles. The molecule has 1 aromatic carbocycles. The lowest BCUT2D eigenvalue weighted by Gasteiger charge is -2.36. The molecule has 0 aromatic heterocycles. The van der Waals surface area contributed by atoms with E-state index in [1.807, 2.05) is 11.9 Å². The molecule has 0 saturated carbocycles. The number of carbonyl (C=O) groups is 2. The van der Waals surface area contributed by atoms with Crippen LogP contribution in [0.2, 0.25) is 0 Å². The second-order valence-electron chi connectivity index (χ2n) is 5.72. The third-order valence-electron chi connectivity index (χ3n) is 4.25. The van der Waals surface area contributed by atoms with Crippen molar-refractivity contribution in [2.45, 2.75) is 6.42 Å². The van der Waals surface area contributed by atoms with Crippen molar-refractivity contribution in [3.8, 4) is 0 Å². The largest absolute Gasteiger partial charge is 0.371 e. The minimum absolute atomic E-state index is 0.00167. The first-order valence-corrected chi connectivity index (χ1v) is 7.03. The van der Waals surface area contributed by atoms with Crippen LogP contribution in [0, 0.1) is 11.7 Å². The number of hydrogen-bond acceptors (Lipinski definition) is 3. The van der Waals surface area contributed by atoms with Crippen molar-refractivity contribution in [2.75, 3.05) is 43.5 Å². The predicted molar refractivity (Wildman–Crippen MR) is 77.8 cm³/mol.